The number of halogens is 1. The van der Waals surface area contributed by atoms with Gasteiger partial charge in [0.15, 0.2) is 11.5 Å². The van der Waals surface area contributed by atoms with Crippen LogP contribution < -0.4 is 9.47 Å². The maximum Gasteiger partial charge on any atom is 0.241 e. The maximum absolute atomic E-state index is 13.2. The quantitative estimate of drug-likeness (QED) is 0.395. The molecule has 1 fully saturated rings. The second-order valence-electron chi connectivity index (χ2n) is 8.12. The van der Waals surface area contributed by atoms with Gasteiger partial charge in [0.1, 0.15) is 5.82 Å². The van der Waals surface area contributed by atoms with E-state index < -0.39 is 0 Å². The molecule has 1 unspecified atom stereocenters. The predicted molar refractivity (Wildman–Crippen MR) is 120 cm³/mol. The molecule has 34 heavy (non-hydrogen) atoms. The molecule has 0 aliphatic carbocycles. The summed E-state index contributed by atoms with van der Waals surface area (Å²) in [6, 6.07) is 11.5. The Labute approximate surface area is 195 Å². The Bertz CT molecular complexity index is 1260. The van der Waals surface area contributed by atoms with Crippen molar-refractivity contribution in [3.8, 4) is 34.3 Å². The molecule has 0 spiro atoms. The van der Waals surface area contributed by atoms with Gasteiger partial charge in [0, 0.05) is 17.7 Å². The molecule has 1 saturated heterocycles. The fraction of sp³-hybridized carbons (Fsp3) is 0.333. The van der Waals surface area contributed by atoms with Gasteiger partial charge in [0.05, 0.1) is 26.7 Å². The third-order valence-corrected chi connectivity index (χ3v) is 5.87. The largest absolute Gasteiger partial charge is 0.493 e. The highest BCUT2D eigenvalue weighted by molar-refractivity contribution is 5.60. The summed E-state index contributed by atoms with van der Waals surface area (Å²) >= 11 is 0. The van der Waals surface area contributed by atoms with Gasteiger partial charge in [-0.3, -0.25) is 4.90 Å². The van der Waals surface area contributed by atoms with E-state index in [9.17, 15) is 4.39 Å². The van der Waals surface area contributed by atoms with Crippen LogP contribution >= 0.6 is 0 Å². The Hall–Kier alpha value is -3.79. The van der Waals surface area contributed by atoms with Gasteiger partial charge in [0.25, 0.3) is 0 Å². The molecule has 0 saturated carbocycles. The number of benzene rings is 2. The summed E-state index contributed by atoms with van der Waals surface area (Å²) in [5.74, 6) is 3.11. The number of piperidine rings is 1. The van der Waals surface area contributed by atoms with E-state index in [0.29, 0.717) is 41.5 Å². The second-order valence-corrected chi connectivity index (χ2v) is 8.12. The third-order valence-electron chi connectivity index (χ3n) is 5.87. The highest BCUT2D eigenvalue weighted by Crippen LogP contribution is 2.32. The van der Waals surface area contributed by atoms with Gasteiger partial charge in [-0.1, -0.05) is 10.3 Å². The zero-order chi connectivity index (χ0) is 23.5. The van der Waals surface area contributed by atoms with Crippen molar-refractivity contribution in [2.45, 2.75) is 25.3 Å². The molecule has 0 amide bonds. The van der Waals surface area contributed by atoms with Crippen LogP contribution in [0.25, 0.3) is 22.8 Å². The van der Waals surface area contributed by atoms with Gasteiger partial charge in [0.2, 0.25) is 23.4 Å². The Balaban J connectivity index is 1.25. The van der Waals surface area contributed by atoms with Gasteiger partial charge in [-0.05, 0) is 61.9 Å². The predicted octanol–water partition coefficient (Wildman–Crippen LogP) is 4.32. The molecule has 1 aliphatic rings. The van der Waals surface area contributed by atoms with E-state index in [0.717, 1.165) is 37.1 Å². The van der Waals surface area contributed by atoms with Crippen LogP contribution in [0.15, 0.2) is 51.5 Å². The van der Waals surface area contributed by atoms with Gasteiger partial charge in [-0.2, -0.15) is 9.97 Å². The van der Waals surface area contributed by atoms with E-state index in [1.165, 1.54) is 12.1 Å². The maximum atomic E-state index is 13.2. The van der Waals surface area contributed by atoms with Gasteiger partial charge in [-0.25, -0.2) is 4.39 Å². The van der Waals surface area contributed by atoms with Crippen LogP contribution in [-0.4, -0.2) is 52.5 Å². The molecule has 5 rings (SSSR count). The van der Waals surface area contributed by atoms with Crippen LogP contribution in [0.5, 0.6) is 11.5 Å². The Kier molecular flexibility index (Phi) is 6.22. The van der Waals surface area contributed by atoms with E-state index in [1.807, 2.05) is 18.2 Å². The second kappa shape index (κ2) is 9.60. The fourth-order valence-corrected chi connectivity index (χ4v) is 4.12. The number of ether oxygens (including phenoxy) is 2. The molecule has 2 aromatic carbocycles. The van der Waals surface area contributed by atoms with Crippen LogP contribution in [0.2, 0.25) is 0 Å². The molecule has 1 aliphatic heterocycles. The molecular weight excluding hydrogens is 441 g/mol. The normalized spacial score (nSPS) is 16.5. The standard InChI is InChI=1S/C24H24FN5O4/c1-31-19-10-7-16(12-20(19)32-2)23-26-21(33-28-23)14-30-11-3-4-17(13-30)24-27-22(29-34-24)15-5-8-18(25)9-6-15/h5-10,12,17H,3-4,11,13-14H2,1-2H3. The van der Waals surface area contributed by atoms with Crippen LogP contribution in [0.1, 0.15) is 30.5 Å². The highest BCUT2D eigenvalue weighted by Gasteiger charge is 2.27. The topological polar surface area (TPSA) is 99.5 Å². The van der Waals surface area contributed by atoms with E-state index >= 15 is 0 Å². The molecule has 9 nitrogen and oxygen atoms in total. The molecule has 176 valence electrons. The first-order chi connectivity index (χ1) is 16.6. The number of rotatable bonds is 7. The number of hydrogen-bond donors (Lipinski definition) is 0. The molecule has 0 radical (unpaired) electrons. The summed E-state index contributed by atoms with van der Waals surface area (Å²) in [6.45, 7) is 2.17. The Morgan fingerprint density at radius 3 is 2.47 bits per heavy atom. The lowest BCUT2D eigenvalue weighted by atomic mass is 9.98. The summed E-state index contributed by atoms with van der Waals surface area (Å²) in [7, 11) is 3.18. The van der Waals surface area contributed by atoms with Gasteiger partial charge in [-0.15, -0.1) is 0 Å². The Morgan fingerprint density at radius 2 is 1.68 bits per heavy atom. The first kappa shape index (κ1) is 22.0. The monoisotopic (exact) mass is 465 g/mol. The molecule has 1 atom stereocenters. The summed E-state index contributed by atoms with van der Waals surface area (Å²) in [4.78, 5) is 11.3. The third kappa shape index (κ3) is 4.62. The number of hydrogen-bond acceptors (Lipinski definition) is 9. The van der Waals surface area contributed by atoms with Crippen molar-refractivity contribution in [2.75, 3.05) is 27.3 Å². The minimum absolute atomic E-state index is 0.101. The lowest BCUT2D eigenvalue weighted by molar-refractivity contribution is 0.162. The average Bonchev–Trinajstić information content (AvgIpc) is 3.55. The van der Waals surface area contributed by atoms with Gasteiger partial charge >= 0.3 is 0 Å². The minimum Gasteiger partial charge on any atom is -0.493 e. The number of nitrogens with zero attached hydrogens (tertiary/aromatic N) is 5. The van der Waals surface area contributed by atoms with Crippen LogP contribution in [0.3, 0.4) is 0 Å². The molecule has 10 heteroatoms. The fourth-order valence-electron chi connectivity index (χ4n) is 4.12. The highest BCUT2D eigenvalue weighted by atomic mass is 19.1. The lowest BCUT2D eigenvalue weighted by Crippen LogP contribution is -2.34. The SMILES string of the molecule is COc1ccc(-c2noc(CN3CCCC(c4nc(-c5ccc(F)cc5)no4)C3)n2)cc1OC. The lowest BCUT2D eigenvalue weighted by Gasteiger charge is -2.29. The molecule has 0 N–H and O–H groups in total. The zero-order valence-corrected chi connectivity index (χ0v) is 18.9. The number of likely N-dealkylation sites (tertiary alicyclic amines) is 1. The van der Waals surface area contributed by atoms with E-state index in [1.54, 1.807) is 26.4 Å². The molecule has 2 aromatic heterocycles. The van der Waals surface area contributed by atoms with E-state index in [4.69, 9.17) is 18.5 Å². The molecule has 4 aromatic rings. The first-order valence-corrected chi connectivity index (χ1v) is 11.0. The van der Waals surface area contributed by atoms with E-state index in [2.05, 4.69) is 25.2 Å². The van der Waals surface area contributed by atoms with Crippen LogP contribution in [-0.2, 0) is 6.54 Å². The molecule has 3 heterocycles. The van der Waals surface area contributed by atoms with Crippen LogP contribution in [0, 0.1) is 5.82 Å². The van der Waals surface area contributed by atoms with Crippen molar-refractivity contribution in [3.05, 3.63) is 60.1 Å². The van der Waals surface area contributed by atoms with Crippen molar-refractivity contribution in [2.24, 2.45) is 0 Å². The minimum atomic E-state index is -0.300. The van der Waals surface area contributed by atoms with Crippen molar-refractivity contribution < 1.29 is 22.9 Å². The van der Waals surface area contributed by atoms with Crippen molar-refractivity contribution in [3.63, 3.8) is 0 Å². The number of aromatic nitrogens is 4. The molecule has 0 bridgehead atoms. The van der Waals surface area contributed by atoms with Crippen molar-refractivity contribution in [1.82, 2.24) is 25.2 Å². The van der Waals surface area contributed by atoms with Crippen molar-refractivity contribution in [1.29, 1.82) is 0 Å². The van der Waals surface area contributed by atoms with E-state index in [-0.39, 0.29) is 11.7 Å². The van der Waals surface area contributed by atoms with Crippen LogP contribution in [0.4, 0.5) is 4.39 Å². The zero-order valence-electron chi connectivity index (χ0n) is 18.9. The summed E-state index contributed by atoms with van der Waals surface area (Å²) in [5.41, 5.74) is 1.50. The Morgan fingerprint density at radius 1 is 0.941 bits per heavy atom. The summed E-state index contributed by atoms with van der Waals surface area (Å²) in [6.07, 6.45) is 1.93. The number of methoxy groups -OCH3 is 2. The molecular formula is C24H24FN5O4. The summed E-state index contributed by atoms with van der Waals surface area (Å²) < 4.78 is 34.9. The summed E-state index contributed by atoms with van der Waals surface area (Å²) in [5, 5.41) is 8.20. The van der Waals surface area contributed by atoms with Gasteiger partial charge < -0.3 is 18.5 Å². The van der Waals surface area contributed by atoms with Crippen molar-refractivity contribution >= 4 is 0 Å². The first-order valence-electron chi connectivity index (χ1n) is 11.0. The average molecular weight is 465 g/mol. The smallest absolute Gasteiger partial charge is 0.241 e.